The van der Waals surface area contributed by atoms with Crippen molar-refractivity contribution in [3.8, 4) is 5.75 Å². The zero-order valence-corrected chi connectivity index (χ0v) is 13.7. The number of methoxy groups -OCH3 is 1. The third kappa shape index (κ3) is 6.01. The van der Waals surface area contributed by atoms with Crippen LogP contribution in [0.5, 0.6) is 5.75 Å². The van der Waals surface area contributed by atoms with Crippen LogP contribution in [-0.2, 0) is 16.8 Å². The lowest BCUT2D eigenvalue weighted by Gasteiger charge is -2.22. The van der Waals surface area contributed by atoms with Gasteiger partial charge in [-0.3, -0.25) is 0 Å². The second-order valence-corrected chi connectivity index (χ2v) is 7.03. The molecule has 120 valence electrons. The number of hydrogen-bond acceptors (Lipinski definition) is 4. The third-order valence-electron chi connectivity index (χ3n) is 2.99. The maximum Gasteiger partial charge on any atom is 0.279 e. The van der Waals surface area contributed by atoms with Crippen molar-refractivity contribution in [2.24, 2.45) is 0 Å². The Labute approximate surface area is 126 Å². The molecule has 7 heteroatoms. The standard InChI is InChI=1S/C14H24N2O4S/c1-11(8-12(2)17)15-21(18,19)16(3)10-13-6-5-7-14(9-13)20-4/h5-7,9,11-12,15,17H,8,10H2,1-4H3. The molecule has 6 nitrogen and oxygen atoms in total. The van der Waals surface area contributed by atoms with Crippen LogP contribution >= 0.6 is 0 Å². The fourth-order valence-corrected chi connectivity index (χ4v) is 3.12. The van der Waals surface area contributed by atoms with Gasteiger partial charge in [-0.1, -0.05) is 12.1 Å². The molecule has 0 aliphatic heterocycles. The quantitative estimate of drug-likeness (QED) is 0.753. The molecule has 0 heterocycles. The van der Waals surface area contributed by atoms with Crippen LogP contribution in [0.4, 0.5) is 0 Å². The van der Waals surface area contributed by atoms with Crippen LogP contribution < -0.4 is 9.46 Å². The van der Waals surface area contributed by atoms with Crippen molar-refractivity contribution in [3.05, 3.63) is 29.8 Å². The second kappa shape index (κ2) is 7.74. The molecule has 1 rings (SSSR count). The molecule has 2 unspecified atom stereocenters. The van der Waals surface area contributed by atoms with Gasteiger partial charge in [-0.25, -0.2) is 0 Å². The van der Waals surface area contributed by atoms with Gasteiger partial charge in [0.25, 0.3) is 10.2 Å². The van der Waals surface area contributed by atoms with Crippen LogP contribution in [0.2, 0.25) is 0 Å². The molecule has 0 spiro atoms. The van der Waals surface area contributed by atoms with Gasteiger partial charge in [-0.2, -0.15) is 17.4 Å². The van der Waals surface area contributed by atoms with Crippen molar-refractivity contribution in [3.63, 3.8) is 0 Å². The molecule has 1 aromatic carbocycles. The summed E-state index contributed by atoms with van der Waals surface area (Å²) in [7, 11) is -0.512. The minimum Gasteiger partial charge on any atom is -0.497 e. The molecular formula is C14H24N2O4S. The van der Waals surface area contributed by atoms with Crippen LogP contribution in [0, 0.1) is 0 Å². The Kier molecular flexibility index (Phi) is 6.60. The number of ether oxygens (including phenoxy) is 1. The van der Waals surface area contributed by atoms with Gasteiger partial charge in [0.1, 0.15) is 5.75 Å². The molecule has 0 aliphatic carbocycles. The molecular weight excluding hydrogens is 292 g/mol. The van der Waals surface area contributed by atoms with Crippen LogP contribution in [-0.4, -0.2) is 44.1 Å². The van der Waals surface area contributed by atoms with E-state index >= 15 is 0 Å². The summed E-state index contributed by atoms with van der Waals surface area (Å²) in [6.45, 7) is 3.60. The van der Waals surface area contributed by atoms with Crippen molar-refractivity contribution in [1.29, 1.82) is 0 Å². The van der Waals surface area contributed by atoms with E-state index in [2.05, 4.69) is 4.72 Å². The maximum atomic E-state index is 12.2. The van der Waals surface area contributed by atoms with Crippen molar-refractivity contribution in [2.75, 3.05) is 14.2 Å². The predicted octanol–water partition coefficient (Wildman–Crippen LogP) is 1.12. The SMILES string of the molecule is COc1cccc(CN(C)S(=O)(=O)NC(C)CC(C)O)c1. The second-order valence-electron chi connectivity index (χ2n) is 5.22. The van der Waals surface area contributed by atoms with Gasteiger partial charge < -0.3 is 9.84 Å². The van der Waals surface area contributed by atoms with E-state index in [9.17, 15) is 13.5 Å². The number of benzene rings is 1. The molecule has 0 bridgehead atoms. The summed E-state index contributed by atoms with van der Waals surface area (Å²) in [5, 5.41) is 9.29. The van der Waals surface area contributed by atoms with Crippen molar-refractivity contribution >= 4 is 10.2 Å². The zero-order valence-electron chi connectivity index (χ0n) is 12.9. The maximum absolute atomic E-state index is 12.2. The van der Waals surface area contributed by atoms with E-state index in [0.29, 0.717) is 12.2 Å². The molecule has 0 saturated heterocycles. The Morgan fingerprint density at radius 3 is 2.62 bits per heavy atom. The van der Waals surface area contributed by atoms with Gasteiger partial charge in [0.15, 0.2) is 0 Å². The summed E-state index contributed by atoms with van der Waals surface area (Å²) in [5.74, 6) is 0.689. The minimum atomic E-state index is -3.59. The average Bonchev–Trinajstić information content (AvgIpc) is 2.37. The average molecular weight is 316 g/mol. The topological polar surface area (TPSA) is 78.9 Å². The largest absolute Gasteiger partial charge is 0.497 e. The van der Waals surface area contributed by atoms with Crippen LogP contribution in [0.1, 0.15) is 25.8 Å². The normalized spacial score (nSPS) is 15.0. The fourth-order valence-electron chi connectivity index (χ4n) is 2.02. The van der Waals surface area contributed by atoms with Gasteiger partial charge >= 0.3 is 0 Å². The molecule has 0 radical (unpaired) electrons. The van der Waals surface area contributed by atoms with Crippen molar-refractivity contribution < 1.29 is 18.3 Å². The molecule has 0 aliphatic rings. The number of nitrogens with zero attached hydrogens (tertiary/aromatic N) is 1. The summed E-state index contributed by atoms with van der Waals surface area (Å²) in [6.07, 6.45) is -0.182. The molecule has 0 fully saturated rings. The highest BCUT2D eigenvalue weighted by molar-refractivity contribution is 7.87. The van der Waals surface area contributed by atoms with Gasteiger partial charge in [0, 0.05) is 19.6 Å². The number of aliphatic hydroxyl groups is 1. The summed E-state index contributed by atoms with van der Waals surface area (Å²) in [5.41, 5.74) is 0.838. The van der Waals surface area contributed by atoms with E-state index in [0.717, 1.165) is 5.56 Å². The number of rotatable bonds is 8. The molecule has 2 atom stereocenters. The first-order valence-electron chi connectivity index (χ1n) is 6.79. The fraction of sp³-hybridized carbons (Fsp3) is 0.571. The lowest BCUT2D eigenvalue weighted by molar-refractivity contribution is 0.174. The van der Waals surface area contributed by atoms with Gasteiger partial charge in [-0.05, 0) is 38.0 Å². The summed E-state index contributed by atoms with van der Waals surface area (Å²) < 4.78 is 33.3. The highest BCUT2D eigenvalue weighted by Gasteiger charge is 2.21. The lowest BCUT2D eigenvalue weighted by Crippen LogP contribution is -2.43. The van der Waals surface area contributed by atoms with E-state index in [-0.39, 0.29) is 12.6 Å². The van der Waals surface area contributed by atoms with Gasteiger partial charge in [0.2, 0.25) is 0 Å². The predicted molar refractivity (Wildman–Crippen MR) is 82.3 cm³/mol. The first-order chi connectivity index (χ1) is 9.74. The molecule has 0 amide bonds. The number of hydrogen-bond donors (Lipinski definition) is 2. The van der Waals surface area contributed by atoms with E-state index in [1.807, 2.05) is 12.1 Å². The zero-order chi connectivity index (χ0) is 16.0. The molecule has 0 aromatic heterocycles. The summed E-state index contributed by atoms with van der Waals surface area (Å²) >= 11 is 0. The van der Waals surface area contributed by atoms with Crippen LogP contribution in [0.3, 0.4) is 0 Å². The van der Waals surface area contributed by atoms with E-state index in [4.69, 9.17) is 4.74 Å². The Bertz CT molecular complexity index is 546. The van der Waals surface area contributed by atoms with Crippen LogP contribution in [0.25, 0.3) is 0 Å². The first kappa shape index (κ1) is 17.9. The molecule has 21 heavy (non-hydrogen) atoms. The Morgan fingerprint density at radius 2 is 2.05 bits per heavy atom. The van der Waals surface area contributed by atoms with E-state index in [1.165, 1.54) is 11.4 Å². The van der Waals surface area contributed by atoms with Gasteiger partial charge in [0.05, 0.1) is 13.2 Å². The monoisotopic (exact) mass is 316 g/mol. The van der Waals surface area contributed by atoms with Crippen molar-refractivity contribution in [2.45, 2.75) is 39.0 Å². The summed E-state index contributed by atoms with van der Waals surface area (Å²) in [6, 6.07) is 6.93. The smallest absolute Gasteiger partial charge is 0.279 e. The first-order valence-corrected chi connectivity index (χ1v) is 8.23. The number of nitrogens with one attached hydrogen (secondary N) is 1. The van der Waals surface area contributed by atoms with Gasteiger partial charge in [-0.15, -0.1) is 0 Å². The van der Waals surface area contributed by atoms with Crippen molar-refractivity contribution in [1.82, 2.24) is 9.03 Å². The molecule has 2 N–H and O–H groups in total. The highest BCUT2D eigenvalue weighted by atomic mass is 32.2. The Morgan fingerprint density at radius 1 is 1.38 bits per heavy atom. The van der Waals surface area contributed by atoms with E-state index in [1.54, 1.807) is 33.1 Å². The van der Waals surface area contributed by atoms with Crippen LogP contribution in [0.15, 0.2) is 24.3 Å². The third-order valence-corrected chi connectivity index (χ3v) is 4.64. The Hall–Kier alpha value is -1.15. The Balaban J connectivity index is 2.70. The minimum absolute atomic E-state index is 0.244. The number of aliphatic hydroxyl groups excluding tert-OH is 1. The lowest BCUT2D eigenvalue weighted by atomic mass is 10.2. The molecule has 1 aromatic rings. The molecule has 0 saturated carbocycles. The van der Waals surface area contributed by atoms with E-state index < -0.39 is 16.3 Å². The summed E-state index contributed by atoms with van der Waals surface area (Å²) in [4.78, 5) is 0. The highest BCUT2D eigenvalue weighted by Crippen LogP contribution is 2.15.